The van der Waals surface area contributed by atoms with Gasteiger partial charge in [-0.1, -0.05) is 0 Å². The van der Waals surface area contributed by atoms with Gasteiger partial charge < -0.3 is 20.0 Å². The van der Waals surface area contributed by atoms with E-state index in [0.29, 0.717) is 19.6 Å². The van der Waals surface area contributed by atoms with Crippen molar-refractivity contribution in [1.82, 2.24) is 30.0 Å². The number of hydrogen-bond donors (Lipinski definition) is 1. The first kappa shape index (κ1) is 23.2. The highest BCUT2D eigenvalue weighted by Crippen LogP contribution is 2.18. The first-order valence-corrected chi connectivity index (χ1v) is 11.7. The number of carbonyl (C=O) groups is 2. The lowest BCUT2D eigenvalue weighted by Crippen LogP contribution is -2.49. The van der Waals surface area contributed by atoms with Crippen LogP contribution in [-0.2, 0) is 4.79 Å². The van der Waals surface area contributed by atoms with Crippen LogP contribution >= 0.6 is 0 Å². The summed E-state index contributed by atoms with van der Waals surface area (Å²) in [6, 6.07) is 1.94. The van der Waals surface area contributed by atoms with Crippen LogP contribution in [0, 0.1) is 5.92 Å². The van der Waals surface area contributed by atoms with Gasteiger partial charge in [-0.05, 0) is 45.7 Å². The molecule has 0 aromatic carbocycles. The molecule has 0 aliphatic carbocycles. The molecule has 1 aromatic heterocycles. The Morgan fingerprint density at radius 3 is 2.29 bits per heavy atom. The van der Waals surface area contributed by atoms with E-state index in [1.54, 1.807) is 12.4 Å². The summed E-state index contributed by atoms with van der Waals surface area (Å²) in [5.74, 6) is 0.968. The van der Waals surface area contributed by atoms with E-state index < -0.39 is 0 Å². The molecule has 172 valence electrons. The molecule has 0 unspecified atom stereocenters. The van der Waals surface area contributed by atoms with E-state index in [0.717, 1.165) is 71.0 Å². The van der Waals surface area contributed by atoms with Gasteiger partial charge in [0, 0.05) is 77.2 Å². The molecule has 2 fully saturated rings. The van der Waals surface area contributed by atoms with Crippen molar-refractivity contribution in [2.75, 3.05) is 70.3 Å². The topological polar surface area (TPSA) is 84.9 Å². The number of amides is 3. The second kappa shape index (κ2) is 11.8. The maximum atomic E-state index is 12.5. The lowest BCUT2D eigenvalue weighted by Gasteiger charge is -2.35. The molecule has 0 radical (unpaired) electrons. The Labute approximate surface area is 185 Å². The molecule has 3 rings (SSSR count). The second-order valence-electron chi connectivity index (χ2n) is 8.24. The molecule has 0 spiro atoms. The van der Waals surface area contributed by atoms with E-state index >= 15 is 0 Å². The van der Waals surface area contributed by atoms with Gasteiger partial charge in [0.2, 0.25) is 11.9 Å². The molecule has 0 atom stereocenters. The summed E-state index contributed by atoms with van der Waals surface area (Å²) in [6.45, 7) is 12.3. The number of aromatic nitrogens is 2. The maximum Gasteiger partial charge on any atom is 0.319 e. The van der Waals surface area contributed by atoms with Gasteiger partial charge in [0.1, 0.15) is 0 Å². The van der Waals surface area contributed by atoms with E-state index in [-0.39, 0.29) is 17.9 Å². The highest BCUT2D eigenvalue weighted by molar-refractivity contribution is 5.79. The van der Waals surface area contributed by atoms with Gasteiger partial charge >= 0.3 is 6.03 Å². The standard InChI is InChI=1S/C22H37N7O2/c1-3-27(4-2)22(31)29-13-7-19(8-14-29)20(30)23-11-6-12-26-15-17-28(18-16-26)21-24-9-5-10-25-21/h5,9-10,19H,3-4,6-8,11-18H2,1-2H3,(H,23,30). The van der Waals surface area contributed by atoms with Crippen LogP contribution in [0.2, 0.25) is 0 Å². The van der Waals surface area contributed by atoms with Crippen LogP contribution in [0.4, 0.5) is 10.7 Å². The molecule has 2 saturated heterocycles. The summed E-state index contributed by atoms with van der Waals surface area (Å²) in [6.07, 6.45) is 6.02. The number of nitrogens with one attached hydrogen (secondary N) is 1. The Bertz CT molecular complexity index is 682. The zero-order chi connectivity index (χ0) is 22.1. The highest BCUT2D eigenvalue weighted by atomic mass is 16.2. The van der Waals surface area contributed by atoms with Crippen LogP contribution in [0.5, 0.6) is 0 Å². The van der Waals surface area contributed by atoms with Gasteiger partial charge in [0.15, 0.2) is 0 Å². The smallest absolute Gasteiger partial charge is 0.319 e. The third-order valence-electron chi connectivity index (χ3n) is 6.33. The average Bonchev–Trinajstić information content (AvgIpc) is 2.83. The molecule has 1 N–H and O–H groups in total. The average molecular weight is 432 g/mol. The Kier molecular flexibility index (Phi) is 8.87. The molecule has 3 heterocycles. The fourth-order valence-electron chi connectivity index (χ4n) is 4.31. The molecule has 0 bridgehead atoms. The summed E-state index contributed by atoms with van der Waals surface area (Å²) >= 11 is 0. The van der Waals surface area contributed by atoms with Crippen molar-refractivity contribution in [1.29, 1.82) is 0 Å². The lowest BCUT2D eigenvalue weighted by molar-refractivity contribution is -0.126. The summed E-state index contributed by atoms with van der Waals surface area (Å²) in [4.78, 5) is 42.0. The van der Waals surface area contributed by atoms with E-state index in [1.165, 1.54) is 0 Å². The van der Waals surface area contributed by atoms with Crippen LogP contribution < -0.4 is 10.2 Å². The lowest BCUT2D eigenvalue weighted by atomic mass is 9.96. The van der Waals surface area contributed by atoms with E-state index in [9.17, 15) is 9.59 Å². The van der Waals surface area contributed by atoms with Gasteiger partial charge in [-0.15, -0.1) is 0 Å². The Morgan fingerprint density at radius 1 is 1.03 bits per heavy atom. The van der Waals surface area contributed by atoms with Crippen LogP contribution in [0.1, 0.15) is 33.1 Å². The van der Waals surface area contributed by atoms with Crippen molar-refractivity contribution in [3.05, 3.63) is 18.5 Å². The predicted molar refractivity (Wildman–Crippen MR) is 121 cm³/mol. The van der Waals surface area contributed by atoms with Gasteiger partial charge in [-0.3, -0.25) is 9.69 Å². The number of carbonyl (C=O) groups excluding carboxylic acids is 2. The van der Waals surface area contributed by atoms with Gasteiger partial charge in [0.25, 0.3) is 0 Å². The molecule has 9 nitrogen and oxygen atoms in total. The van der Waals surface area contributed by atoms with Gasteiger partial charge in [-0.2, -0.15) is 0 Å². The highest BCUT2D eigenvalue weighted by Gasteiger charge is 2.28. The van der Waals surface area contributed by atoms with Crippen LogP contribution in [-0.4, -0.2) is 102 Å². The number of piperidine rings is 1. The molecule has 9 heteroatoms. The largest absolute Gasteiger partial charge is 0.356 e. The molecule has 3 amide bonds. The Morgan fingerprint density at radius 2 is 1.68 bits per heavy atom. The van der Waals surface area contributed by atoms with Crippen molar-refractivity contribution in [3.63, 3.8) is 0 Å². The van der Waals surface area contributed by atoms with Crippen molar-refractivity contribution in [3.8, 4) is 0 Å². The number of nitrogens with zero attached hydrogens (tertiary/aromatic N) is 6. The zero-order valence-electron chi connectivity index (χ0n) is 19.0. The molecule has 0 saturated carbocycles. The molecule has 2 aliphatic rings. The minimum absolute atomic E-state index is 0.0233. The molecular formula is C22H37N7O2. The minimum atomic E-state index is 0.0233. The third kappa shape index (κ3) is 6.53. The number of likely N-dealkylation sites (tertiary alicyclic amines) is 1. The third-order valence-corrected chi connectivity index (χ3v) is 6.33. The van der Waals surface area contributed by atoms with E-state index in [4.69, 9.17) is 0 Å². The first-order chi connectivity index (χ1) is 15.1. The molecule has 2 aliphatic heterocycles. The second-order valence-corrected chi connectivity index (χ2v) is 8.24. The summed E-state index contributed by atoms with van der Waals surface area (Å²) < 4.78 is 0. The van der Waals surface area contributed by atoms with Gasteiger partial charge in [-0.25, -0.2) is 14.8 Å². The fraction of sp³-hybridized carbons (Fsp3) is 0.727. The fourth-order valence-corrected chi connectivity index (χ4v) is 4.31. The molecular weight excluding hydrogens is 394 g/mol. The minimum Gasteiger partial charge on any atom is -0.356 e. The van der Waals surface area contributed by atoms with Crippen LogP contribution in [0.3, 0.4) is 0 Å². The maximum absolute atomic E-state index is 12.5. The number of piperazine rings is 1. The summed E-state index contributed by atoms with van der Waals surface area (Å²) in [5, 5.41) is 3.11. The first-order valence-electron chi connectivity index (χ1n) is 11.7. The van der Waals surface area contributed by atoms with Crippen molar-refractivity contribution < 1.29 is 9.59 Å². The Balaban J connectivity index is 1.28. The molecule has 31 heavy (non-hydrogen) atoms. The molecule has 1 aromatic rings. The van der Waals surface area contributed by atoms with E-state index in [1.807, 2.05) is 29.7 Å². The number of urea groups is 1. The van der Waals surface area contributed by atoms with Crippen LogP contribution in [0.15, 0.2) is 18.5 Å². The van der Waals surface area contributed by atoms with E-state index in [2.05, 4.69) is 25.1 Å². The van der Waals surface area contributed by atoms with Crippen molar-refractivity contribution in [2.45, 2.75) is 33.1 Å². The SMILES string of the molecule is CCN(CC)C(=O)N1CCC(C(=O)NCCCN2CCN(c3ncccn3)CC2)CC1. The van der Waals surface area contributed by atoms with Crippen molar-refractivity contribution >= 4 is 17.9 Å². The van der Waals surface area contributed by atoms with Crippen molar-refractivity contribution in [2.24, 2.45) is 5.92 Å². The normalized spacial score (nSPS) is 18.1. The predicted octanol–water partition coefficient (Wildman–Crippen LogP) is 1.28. The quantitative estimate of drug-likeness (QED) is 0.624. The van der Waals surface area contributed by atoms with Crippen LogP contribution in [0.25, 0.3) is 0 Å². The van der Waals surface area contributed by atoms with Gasteiger partial charge in [0.05, 0.1) is 0 Å². The zero-order valence-corrected chi connectivity index (χ0v) is 19.0. The number of rotatable bonds is 8. The summed E-state index contributed by atoms with van der Waals surface area (Å²) in [7, 11) is 0. The Hall–Kier alpha value is -2.42. The number of hydrogen-bond acceptors (Lipinski definition) is 6. The number of anilines is 1. The monoisotopic (exact) mass is 431 g/mol. The summed E-state index contributed by atoms with van der Waals surface area (Å²) in [5.41, 5.74) is 0.